The fourth-order valence-electron chi connectivity index (χ4n) is 3.53. The first kappa shape index (κ1) is 23.0. The van der Waals surface area contributed by atoms with Crippen LogP contribution in [0.3, 0.4) is 0 Å². The van der Waals surface area contributed by atoms with Gasteiger partial charge in [0.15, 0.2) is 23.0 Å². The zero-order chi connectivity index (χ0) is 24.1. The summed E-state index contributed by atoms with van der Waals surface area (Å²) < 4.78 is 28.4. The molecule has 1 aliphatic heterocycles. The van der Waals surface area contributed by atoms with Crippen LogP contribution in [0.5, 0.6) is 28.7 Å². The van der Waals surface area contributed by atoms with E-state index in [1.165, 1.54) is 27.4 Å². The van der Waals surface area contributed by atoms with Gasteiger partial charge in [0.05, 0.1) is 40.2 Å². The van der Waals surface area contributed by atoms with Gasteiger partial charge in [0.1, 0.15) is 6.54 Å². The Morgan fingerprint density at radius 2 is 1.68 bits per heavy atom. The maximum atomic E-state index is 12.7. The molecule has 10 heteroatoms. The SMILES string of the molecule is COc1cc(NC(=O)Cn2nc(-c3ccc4c(c3)OCCCO4)ccc2=O)cc(OC)c1OC. The number of nitrogens with one attached hydrogen (secondary N) is 1. The van der Waals surface area contributed by atoms with Crippen LogP contribution in [-0.2, 0) is 11.3 Å². The molecule has 1 aliphatic rings. The van der Waals surface area contributed by atoms with E-state index in [1.54, 1.807) is 18.2 Å². The molecule has 4 rings (SSSR count). The lowest BCUT2D eigenvalue weighted by molar-refractivity contribution is -0.117. The van der Waals surface area contributed by atoms with E-state index in [0.29, 0.717) is 53.3 Å². The number of hydrogen-bond acceptors (Lipinski definition) is 8. The third kappa shape index (κ3) is 4.90. The first-order chi connectivity index (χ1) is 16.5. The fraction of sp³-hybridized carbons (Fsp3) is 0.292. The van der Waals surface area contributed by atoms with Gasteiger partial charge in [0.25, 0.3) is 5.56 Å². The summed E-state index contributed by atoms with van der Waals surface area (Å²) in [6.45, 7) is 0.870. The van der Waals surface area contributed by atoms with Crippen LogP contribution in [-0.4, -0.2) is 50.2 Å². The standard InChI is InChI=1S/C24H25N3O7/c1-30-20-12-16(13-21(31-2)24(20)32-3)25-22(28)14-27-23(29)8-6-17(26-27)15-5-7-18-19(11-15)34-10-4-9-33-18/h5-8,11-13H,4,9-10,14H2,1-3H3,(H,25,28). The number of aromatic nitrogens is 2. The van der Waals surface area contributed by atoms with Crippen molar-refractivity contribution in [3.63, 3.8) is 0 Å². The van der Waals surface area contributed by atoms with E-state index in [0.717, 1.165) is 16.7 Å². The van der Waals surface area contributed by atoms with Gasteiger partial charge in [-0.05, 0) is 24.3 Å². The number of anilines is 1. The Kier molecular flexibility index (Phi) is 6.86. The molecule has 0 spiro atoms. The zero-order valence-corrected chi connectivity index (χ0v) is 19.1. The van der Waals surface area contributed by atoms with Crippen LogP contribution in [0, 0.1) is 0 Å². The number of nitrogens with zero attached hydrogens (tertiary/aromatic N) is 2. The van der Waals surface area contributed by atoms with Gasteiger partial charge in [-0.25, -0.2) is 4.68 Å². The number of benzene rings is 2. The first-order valence-corrected chi connectivity index (χ1v) is 10.6. The highest BCUT2D eigenvalue weighted by Gasteiger charge is 2.16. The molecule has 1 amide bonds. The summed E-state index contributed by atoms with van der Waals surface area (Å²) in [5.74, 6) is 2.03. The van der Waals surface area contributed by atoms with Crippen LogP contribution < -0.4 is 34.6 Å². The maximum Gasteiger partial charge on any atom is 0.267 e. The van der Waals surface area contributed by atoms with E-state index in [4.69, 9.17) is 23.7 Å². The molecular formula is C24H25N3O7. The van der Waals surface area contributed by atoms with Crippen LogP contribution in [0.2, 0.25) is 0 Å². The number of hydrogen-bond donors (Lipinski definition) is 1. The number of carbonyl (C=O) groups excluding carboxylic acids is 1. The minimum atomic E-state index is -0.445. The topological polar surface area (TPSA) is 110 Å². The quantitative estimate of drug-likeness (QED) is 0.565. The van der Waals surface area contributed by atoms with Gasteiger partial charge in [-0.15, -0.1) is 0 Å². The molecule has 0 bridgehead atoms. The number of rotatable bonds is 7. The molecule has 178 valence electrons. The lowest BCUT2D eigenvalue weighted by Gasteiger charge is -2.15. The highest BCUT2D eigenvalue weighted by Crippen LogP contribution is 2.40. The van der Waals surface area contributed by atoms with Crippen molar-refractivity contribution in [1.29, 1.82) is 0 Å². The number of amides is 1. The third-order valence-corrected chi connectivity index (χ3v) is 5.15. The highest BCUT2D eigenvalue weighted by molar-refractivity contribution is 5.91. The van der Waals surface area contributed by atoms with E-state index >= 15 is 0 Å². The Morgan fingerprint density at radius 1 is 0.971 bits per heavy atom. The summed E-state index contributed by atoms with van der Waals surface area (Å²) in [7, 11) is 4.46. The zero-order valence-electron chi connectivity index (χ0n) is 19.1. The van der Waals surface area contributed by atoms with Crippen molar-refractivity contribution < 1.29 is 28.5 Å². The molecule has 0 fully saturated rings. The van der Waals surface area contributed by atoms with Crippen LogP contribution >= 0.6 is 0 Å². The summed E-state index contributed by atoms with van der Waals surface area (Å²) in [4.78, 5) is 25.1. The van der Waals surface area contributed by atoms with E-state index in [-0.39, 0.29) is 6.54 Å². The molecule has 10 nitrogen and oxygen atoms in total. The molecule has 2 heterocycles. The summed E-state index contributed by atoms with van der Waals surface area (Å²) in [6, 6.07) is 11.6. The monoisotopic (exact) mass is 467 g/mol. The van der Waals surface area contributed by atoms with E-state index in [2.05, 4.69) is 10.4 Å². The van der Waals surface area contributed by atoms with Crippen molar-refractivity contribution in [2.45, 2.75) is 13.0 Å². The lowest BCUT2D eigenvalue weighted by Crippen LogP contribution is -2.29. The van der Waals surface area contributed by atoms with Gasteiger partial charge in [-0.2, -0.15) is 5.10 Å². The summed E-state index contributed by atoms with van der Waals surface area (Å²) in [5.41, 5.74) is 1.28. The number of ether oxygens (including phenoxy) is 5. The molecule has 0 aliphatic carbocycles. The highest BCUT2D eigenvalue weighted by atomic mass is 16.5. The molecule has 2 aromatic carbocycles. The molecule has 0 radical (unpaired) electrons. The predicted octanol–water partition coefficient (Wildman–Crippen LogP) is 2.74. The lowest BCUT2D eigenvalue weighted by atomic mass is 10.1. The minimum Gasteiger partial charge on any atom is -0.493 e. The van der Waals surface area contributed by atoms with Crippen LogP contribution in [0.15, 0.2) is 47.3 Å². The Labute approximate surface area is 196 Å². The van der Waals surface area contributed by atoms with Gasteiger partial charge in [0.2, 0.25) is 11.7 Å². The predicted molar refractivity (Wildman–Crippen MR) is 124 cm³/mol. The Morgan fingerprint density at radius 3 is 2.35 bits per heavy atom. The number of fused-ring (bicyclic) bond motifs is 1. The number of carbonyl (C=O) groups is 1. The van der Waals surface area contributed by atoms with Gasteiger partial charge in [0, 0.05) is 35.9 Å². The van der Waals surface area contributed by atoms with Crippen molar-refractivity contribution in [2.24, 2.45) is 0 Å². The third-order valence-electron chi connectivity index (χ3n) is 5.15. The largest absolute Gasteiger partial charge is 0.493 e. The molecule has 0 saturated carbocycles. The molecule has 1 aromatic heterocycles. The summed E-state index contributed by atoms with van der Waals surface area (Å²) in [5, 5.41) is 7.10. The summed E-state index contributed by atoms with van der Waals surface area (Å²) >= 11 is 0. The molecule has 3 aromatic rings. The number of methoxy groups -OCH3 is 3. The summed E-state index contributed by atoms with van der Waals surface area (Å²) in [6.07, 6.45) is 0.800. The van der Waals surface area contributed by atoms with Crippen molar-refractivity contribution in [3.8, 4) is 40.0 Å². The van der Waals surface area contributed by atoms with Crippen LogP contribution in [0.25, 0.3) is 11.3 Å². The maximum absolute atomic E-state index is 12.7. The second-order valence-corrected chi connectivity index (χ2v) is 7.39. The Balaban J connectivity index is 1.55. The molecule has 0 saturated heterocycles. The van der Waals surface area contributed by atoms with Gasteiger partial charge in [-0.3, -0.25) is 9.59 Å². The van der Waals surface area contributed by atoms with Crippen molar-refractivity contribution >= 4 is 11.6 Å². The molecular weight excluding hydrogens is 442 g/mol. The smallest absolute Gasteiger partial charge is 0.267 e. The van der Waals surface area contributed by atoms with E-state index in [1.807, 2.05) is 18.2 Å². The molecule has 0 unspecified atom stereocenters. The molecule has 1 N–H and O–H groups in total. The van der Waals surface area contributed by atoms with Gasteiger partial charge in [-0.1, -0.05) is 0 Å². The van der Waals surface area contributed by atoms with E-state index < -0.39 is 11.5 Å². The van der Waals surface area contributed by atoms with Crippen molar-refractivity contribution in [3.05, 3.63) is 52.8 Å². The van der Waals surface area contributed by atoms with Crippen molar-refractivity contribution in [1.82, 2.24) is 9.78 Å². The fourth-order valence-corrected chi connectivity index (χ4v) is 3.53. The van der Waals surface area contributed by atoms with E-state index in [9.17, 15) is 9.59 Å². The normalized spacial score (nSPS) is 12.4. The Hall–Kier alpha value is -4.21. The first-order valence-electron chi connectivity index (χ1n) is 10.6. The minimum absolute atomic E-state index is 0.284. The molecule has 0 atom stereocenters. The average Bonchev–Trinajstić information content (AvgIpc) is 3.09. The van der Waals surface area contributed by atoms with Crippen LogP contribution in [0.4, 0.5) is 5.69 Å². The van der Waals surface area contributed by atoms with Gasteiger partial charge >= 0.3 is 0 Å². The second-order valence-electron chi connectivity index (χ2n) is 7.39. The Bertz CT molecular complexity index is 1230. The average molecular weight is 467 g/mol. The van der Waals surface area contributed by atoms with Crippen LogP contribution in [0.1, 0.15) is 6.42 Å². The second kappa shape index (κ2) is 10.2. The molecule has 34 heavy (non-hydrogen) atoms. The van der Waals surface area contributed by atoms with Gasteiger partial charge < -0.3 is 29.0 Å². The van der Waals surface area contributed by atoms with Crippen molar-refractivity contribution in [2.75, 3.05) is 39.9 Å².